The Kier molecular flexibility index (Phi) is 1.59. The number of rotatable bonds is 1. The molecule has 12 heavy (non-hydrogen) atoms. The summed E-state index contributed by atoms with van der Waals surface area (Å²) in [5.74, 6) is 0. The van der Waals surface area contributed by atoms with Gasteiger partial charge in [-0.15, -0.1) is 0 Å². The molecular formula is C9H12N3+. The second-order valence-electron chi connectivity index (χ2n) is 2.85. The van der Waals surface area contributed by atoms with Gasteiger partial charge in [0, 0.05) is 6.07 Å². The Morgan fingerprint density at radius 1 is 1.50 bits per heavy atom. The summed E-state index contributed by atoms with van der Waals surface area (Å²) in [5, 5.41) is 0. The molecule has 0 fully saturated rings. The highest BCUT2D eigenvalue weighted by atomic mass is 15.1. The Bertz CT molecular complexity index is 403. The molecule has 0 radical (unpaired) electrons. The van der Waals surface area contributed by atoms with Crippen LogP contribution in [0.5, 0.6) is 0 Å². The molecule has 0 amide bonds. The molecule has 0 aliphatic rings. The number of nitrogens with zero attached hydrogens (tertiary/aromatic N) is 2. The summed E-state index contributed by atoms with van der Waals surface area (Å²) >= 11 is 0. The molecule has 62 valence electrons. The summed E-state index contributed by atoms with van der Waals surface area (Å²) in [4.78, 5) is 0. The highest BCUT2D eigenvalue weighted by Crippen LogP contribution is 2.00. The van der Waals surface area contributed by atoms with Crippen molar-refractivity contribution >= 4 is 5.65 Å². The van der Waals surface area contributed by atoms with Crippen molar-refractivity contribution in [1.82, 2.24) is 4.57 Å². The smallest absolute Gasteiger partial charge is 0.286 e. The van der Waals surface area contributed by atoms with Crippen LogP contribution in [0.3, 0.4) is 0 Å². The molecule has 0 aromatic carbocycles. The van der Waals surface area contributed by atoms with E-state index in [4.69, 9.17) is 5.73 Å². The van der Waals surface area contributed by atoms with Crippen molar-refractivity contribution in [2.24, 2.45) is 12.8 Å². The summed E-state index contributed by atoms with van der Waals surface area (Å²) in [6.07, 6.45) is 4.07. The van der Waals surface area contributed by atoms with Crippen LogP contribution in [-0.2, 0) is 13.6 Å². The van der Waals surface area contributed by atoms with Crippen molar-refractivity contribution in [2.75, 3.05) is 0 Å². The SMILES string of the molecule is Cn1c(CN)c[n+]2ccccc12. The Morgan fingerprint density at radius 2 is 2.33 bits per heavy atom. The molecule has 0 atom stereocenters. The number of pyridine rings is 1. The molecule has 0 spiro atoms. The molecule has 2 N–H and O–H groups in total. The minimum atomic E-state index is 0.582. The monoisotopic (exact) mass is 162 g/mol. The van der Waals surface area contributed by atoms with Gasteiger partial charge < -0.3 is 5.73 Å². The lowest BCUT2D eigenvalue weighted by atomic mass is 10.5. The third kappa shape index (κ3) is 0.905. The first kappa shape index (κ1) is 7.31. The maximum Gasteiger partial charge on any atom is 0.286 e. The number of nitrogens with two attached hydrogens (primary N) is 1. The van der Waals surface area contributed by atoms with Crippen molar-refractivity contribution in [3.8, 4) is 0 Å². The Morgan fingerprint density at radius 3 is 3.00 bits per heavy atom. The molecule has 3 heteroatoms. The first-order valence-electron chi connectivity index (χ1n) is 3.97. The summed E-state index contributed by atoms with van der Waals surface area (Å²) in [7, 11) is 2.03. The molecule has 3 nitrogen and oxygen atoms in total. The van der Waals surface area contributed by atoms with Gasteiger partial charge in [0.25, 0.3) is 5.65 Å². The van der Waals surface area contributed by atoms with E-state index in [2.05, 4.69) is 21.2 Å². The average molecular weight is 162 g/mol. The van der Waals surface area contributed by atoms with Crippen molar-refractivity contribution in [1.29, 1.82) is 0 Å². The van der Waals surface area contributed by atoms with Crippen molar-refractivity contribution in [3.05, 3.63) is 36.3 Å². The molecule has 0 saturated heterocycles. The van der Waals surface area contributed by atoms with Crippen LogP contribution < -0.4 is 10.1 Å². The van der Waals surface area contributed by atoms with Crippen LogP contribution in [0.15, 0.2) is 30.6 Å². The molecule has 0 aliphatic heterocycles. The lowest BCUT2D eigenvalue weighted by Gasteiger charge is -1.88. The van der Waals surface area contributed by atoms with Gasteiger partial charge in [-0.3, -0.25) is 0 Å². The molecule has 2 aromatic heterocycles. The molecule has 0 aliphatic carbocycles. The number of hydrogen-bond acceptors (Lipinski definition) is 1. The fourth-order valence-corrected chi connectivity index (χ4v) is 1.42. The van der Waals surface area contributed by atoms with Gasteiger partial charge in [-0.2, -0.15) is 0 Å². The van der Waals surface area contributed by atoms with Crippen molar-refractivity contribution < 1.29 is 4.40 Å². The minimum absolute atomic E-state index is 0.582. The van der Waals surface area contributed by atoms with Gasteiger partial charge in [0.05, 0.1) is 19.8 Å². The molecule has 2 heterocycles. The molecule has 2 aromatic rings. The van der Waals surface area contributed by atoms with Crippen molar-refractivity contribution in [2.45, 2.75) is 6.54 Å². The van der Waals surface area contributed by atoms with Crippen LogP contribution in [0.2, 0.25) is 0 Å². The lowest BCUT2D eigenvalue weighted by molar-refractivity contribution is -0.510. The number of aromatic nitrogens is 2. The summed E-state index contributed by atoms with van der Waals surface area (Å²) in [6.45, 7) is 0.582. The van der Waals surface area contributed by atoms with Crippen LogP contribution in [-0.4, -0.2) is 4.57 Å². The van der Waals surface area contributed by atoms with Gasteiger partial charge in [-0.25, -0.2) is 8.97 Å². The van der Waals surface area contributed by atoms with E-state index in [1.807, 2.05) is 25.4 Å². The Labute approximate surface area is 71.0 Å². The fraction of sp³-hybridized carbons (Fsp3) is 0.222. The van der Waals surface area contributed by atoms with E-state index < -0.39 is 0 Å². The van der Waals surface area contributed by atoms with Gasteiger partial charge >= 0.3 is 0 Å². The maximum absolute atomic E-state index is 5.58. The predicted molar refractivity (Wildman–Crippen MR) is 46.5 cm³/mol. The molecule has 0 saturated carbocycles. The van der Waals surface area contributed by atoms with Crippen LogP contribution in [0.4, 0.5) is 0 Å². The Balaban J connectivity index is 2.78. The molecule has 0 unspecified atom stereocenters. The largest absolute Gasteiger partial charge is 0.323 e. The standard InChI is InChI=1S/C9H12N3/c1-11-8(6-10)7-12-5-3-2-4-9(11)12/h2-5,7H,6,10H2,1H3/q+1. The number of hydrogen-bond donors (Lipinski definition) is 1. The minimum Gasteiger partial charge on any atom is -0.323 e. The van der Waals surface area contributed by atoms with Crippen molar-refractivity contribution in [3.63, 3.8) is 0 Å². The first-order valence-corrected chi connectivity index (χ1v) is 3.97. The zero-order valence-corrected chi connectivity index (χ0v) is 7.07. The zero-order chi connectivity index (χ0) is 8.55. The van der Waals surface area contributed by atoms with Crippen LogP contribution in [0, 0.1) is 0 Å². The maximum atomic E-state index is 5.58. The first-order chi connectivity index (χ1) is 5.83. The second-order valence-corrected chi connectivity index (χ2v) is 2.85. The van der Waals surface area contributed by atoms with E-state index in [1.165, 1.54) is 0 Å². The van der Waals surface area contributed by atoms with Gasteiger partial charge in [-0.05, 0) is 6.07 Å². The van der Waals surface area contributed by atoms with Crippen LogP contribution in [0.1, 0.15) is 5.69 Å². The topological polar surface area (TPSA) is 35.0 Å². The average Bonchev–Trinajstić information content (AvgIpc) is 2.44. The van der Waals surface area contributed by atoms with E-state index in [9.17, 15) is 0 Å². The van der Waals surface area contributed by atoms with Crippen LogP contribution in [0.25, 0.3) is 5.65 Å². The van der Waals surface area contributed by atoms with Gasteiger partial charge in [-0.1, -0.05) is 6.07 Å². The number of imidazole rings is 1. The van der Waals surface area contributed by atoms with E-state index >= 15 is 0 Å². The highest BCUT2D eigenvalue weighted by molar-refractivity contribution is 5.31. The lowest BCUT2D eigenvalue weighted by Crippen LogP contribution is -2.17. The summed E-state index contributed by atoms with van der Waals surface area (Å²) in [5.41, 5.74) is 7.89. The zero-order valence-electron chi connectivity index (χ0n) is 7.07. The van der Waals surface area contributed by atoms with E-state index in [0.29, 0.717) is 6.54 Å². The quantitative estimate of drug-likeness (QED) is 0.598. The Hall–Kier alpha value is -1.35. The second kappa shape index (κ2) is 2.60. The molecule has 0 bridgehead atoms. The van der Waals surface area contributed by atoms with Gasteiger partial charge in [0.2, 0.25) is 0 Å². The van der Waals surface area contributed by atoms with Gasteiger partial charge in [0.1, 0.15) is 6.20 Å². The normalized spacial score (nSPS) is 10.8. The predicted octanol–water partition coefficient (Wildman–Crippen LogP) is 0.223. The number of fused-ring (bicyclic) bond motifs is 1. The number of aryl methyl sites for hydroxylation is 1. The molecule has 2 rings (SSSR count). The third-order valence-corrected chi connectivity index (χ3v) is 2.14. The van der Waals surface area contributed by atoms with E-state index in [0.717, 1.165) is 11.3 Å². The van der Waals surface area contributed by atoms with Crippen LogP contribution >= 0.6 is 0 Å². The fourth-order valence-electron chi connectivity index (χ4n) is 1.42. The van der Waals surface area contributed by atoms with E-state index in [1.54, 1.807) is 0 Å². The van der Waals surface area contributed by atoms with E-state index in [-0.39, 0.29) is 0 Å². The third-order valence-electron chi connectivity index (χ3n) is 2.14. The summed E-state index contributed by atoms with van der Waals surface area (Å²) in [6, 6.07) is 6.10. The highest BCUT2D eigenvalue weighted by Gasteiger charge is 2.10. The summed E-state index contributed by atoms with van der Waals surface area (Å²) < 4.78 is 4.17. The van der Waals surface area contributed by atoms with Gasteiger partial charge in [0.15, 0.2) is 5.69 Å². The molecular weight excluding hydrogens is 150 g/mol.